The van der Waals surface area contributed by atoms with Gasteiger partial charge < -0.3 is 4.57 Å². The molecule has 0 saturated carbocycles. The van der Waals surface area contributed by atoms with E-state index in [0.29, 0.717) is 23.0 Å². The van der Waals surface area contributed by atoms with E-state index in [2.05, 4.69) is 88.6 Å². The van der Waals surface area contributed by atoms with Crippen LogP contribution < -0.4 is 0 Å². The zero-order valence-corrected chi connectivity index (χ0v) is 31.7. The van der Waals surface area contributed by atoms with Gasteiger partial charge in [-0.05, 0) is 57.9 Å². The van der Waals surface area contributed by atoms with Crippen LogP contribution >= 0.6 is 0 Å². The summed E-state index contributed by atoms with van der Waals surface area (Å²) in [5.74, 6) is 1.57. The maximum Gasteiger partial charge on any atom is 0.416 e. The number of halogens is 3. The second-order valence-electron chi connectivity index (χ2n) is 16.1. The van der Waals surface area contributed by atoms with Crippen molar-refractivity contribution in [2.45, 2.75) is 58.5 Å². The van der Waals surface area contributed by atoms with Crippen LogP contribution in [-0.2, 0) is 17.0 Å². The lowest BCUT2D eigenvalue weighted by Gasteiger charge is -2.21. The van der Waals surface area contributed by atoms with Crippen molar-refractivity contribution in [3.8, 4) is 51.0 Å². The predicted molar refractivity (Wildman–Crippen MR) is 218 cm³/mol. The third kappa shape index (κ3) is 6.91. The van der Waals surface area contributed by atoms with Crippen LogP contribution in [0.2, 0.25) is 0 Å². The molecule has 0 aliphatic carbocycles. The van der Waals surface area contributed by atoms with Crippen molar-refractivity contribution in [1.82, 2.24) is 19.5 Å². The summed E-state index contributed by atoms with van der Waals surface area (Å²) in [5.41, 5.74) is 8.11. The molecule has 55 heavy (non-hydrogen) atoms. The lowest BCUT2D eigenvalue weighted by atomic mass is 9.86. The molecule has 274 valence electrons. The first kappa shape index (κ1) is 35.9. The van der Waals surface area contributed by atoms with Gasteiger partial charge in [-0.25, -0.2) is 15.0 Å². The van der Waals surface area contributed by atoms with Crippen molar-refractivity contribution < 1.29 is 13.2 Å². The minimum atomic E-state index is -4.45. The highest BCUT2D eigenvalue weighted by atomic mass is 19.4. The molecule has 0 amide bonds. The first-order valence-electron chi connectivity index (χ1n) is 18.4. The Labute approximate surface area is 319 Å². The fourth-order valence-corrected chi connectivity index (χ4v) is 7.09. The van der Waals surface area contributed by atoms with Crippen LogP contribution in [0.4, 0.5) is 13.2 Å². The summed E-state index contributed by atoms with van der Waals surface area (Å²) in [7, 11) is 0. The number of alkyl halides is 3. The number of rotatable bonds is 5. The molecule has 0 N–H and O–H groups in total. The van der Waals surface area contributed by atoms with Crippen molar-refractivity contribution in [2.24, 2.45) is 0 Å². The van der Waals surface area contributed by atoms with Gasteiger partial charge in [0.25, 0.3) is 0 Å². The molecule has 0 spiro atoms. The second-order valence-corrected chi connectivity index (χ2v) is 16.1. The Hall–Kier alpha value is -6.08. The minimum Gasteiger partial charge on any atom is -0.309 e. The van der Waals surface area contributed by atoms with Gasteiger partial charge in [0.05, 0.1) is 22.3 Å². The van der Waals surface area contributed by atoms with Crippen molar-refractivity contribution in [1.29, 1.82) is 0 Å². The van der Waals surface area contributed by atoms with Crippen molar-refractivity contribution in [3.63, 3.8) is 0 Å². The van der Waals surface area contributed by atoms with Gasteiger partial charge in [0.15, 0.2) is 17.5 Å². The zero-order valence-electron chi connectivity index (χ0n) is 31.7. The average molecular weight is 731 g/mol. The largest absolute Gasteiger partial charge is 0.416 e. The van der Waals surface area contributed by atoms with Gasteiger partial charge in [0.2, 0.25) is 0 Å². The Morgan fingerprint density at radius 3 is 1.27 bits per heavy atom. The molecule has 0 saturated heterocycles. The van der Waals surface area contributed by atoms with Crippen LogP contribution in [0.1, 0.15) is 58.2 Å². The van der Waals surface area contributed by atoms with Crippen LogP contribution in [0, 0.1) is 0 Å². The SMILES string of the molecule is CC(C)(C)c1ccc2c3ccc(C(C)(C)C)cc3n(-c3cc(-c4nc(-c5ccccc5)nc(-c5ccccc5)n4)ccc3-c3ccc(C(F)(F)F)cc3)c2c1. The van der Waals surface area contributed by atoms with Crippen LogP contribution in [0.5, 0.6) is 0 Å². The summed E-state index contributed by atoms with van der Waals surface area (Å²) < 4.78 is 43.6. The summed E-state index contributed by atoms with van der Waals surface area (Å²) in [6.07, 6.45) is -4.45. The normalized spacial score (nSPS) is 12.5. The van der Waals surface area contributed by atoms with Crippen LogP contribution in [0.25, 0.3) is 72.8 Å². The Morgan fingerprint density at radius 2 is 0.836 bits per heavy atom. The van der Waals surface area contributed by atoms with Crippen LogP contribution in [0.15, 0.2) is 140 Å². The van der Waals surface area contributed by atoms with E-state index in [1.165, 1.54) is 11.1 Å². The van der Waals surface area contributed by atoms with Crippen LogP contribution in [-0.4, -0.2) is 19.5 Å². The van der Waals surface area contributed by atoms with Gasteiger partial charge in [-0.1, -0.05) is 151 Å². The fourth-order valence-electron chi connectivity index (χ4n) is 7.09. The molecule has 0 aliphatic heterocycles. The number of hydrogen-bond acceptors (Lipinski definition) is 3. The highest BCUT2D eigenvalue weighted by Gasteiger charge is 2.30. The monoisotopic (exact) mass is 730 g/mol. The lowest BCUT2D eigenvalue weighted by molar-refractivity contribution is -0.137. The van der Waals surface area contributed by atoms with Crippen molar-refractivity contribution in [2.75, 3.05) is 0 Å². The molecule has 7 heteroatoms. The molecule has 0 bridgehead atoms. The number of nitrogens with zero attached hydrogens (tertiary/aromatic N) is 4. The molecule has 8 rings (SSSR count). The molecule has 0 atom stereocenters. The zero-order chi connectivity index (χ0) is 38.7. The molecule has 2 heterocycles. The Balaban J connectivity index is 1.46. The first-order valence-corrected chi connectivity index (χ1v) is 18.4. The summed E-state index contributed by atoms with van der Waals surface area (Å²) in [6.45, 7) is 13.2. The van der Waals surface area contributed by atoms with E-state index < -0.39 is 11.7 Å². The van der Waals surface area contributed by atoms with Gasteiger partial charge in [-0.15, -0.1) is 0 Å². The van der Waals surface area contributed by atoms with Gasteiger partial charge in [-0.3, -0.25) is 0 Å². The fraction of sp³-hybridized carbons (Fsp3) is 0.188. The Morgan fingerprint density at radius 1 is 0.418 bits per heavy atom. The van der Waals surface area contributed by atoms with E-state index in [4.69, 9.17) is 15.0 Å². The van der Waals surface area contributed by atoms with E-state index in [-0.39, 0.29) is 10.8 Å². The molecule has 0 unspecified atom stereocenters. The third-order valence-corrected chi connectivity index (χ3v) is 10.2. The summed E-state index contributed by atoms with van der Waals surface area (Å²) in [6, 6.07) is 44.3. The summed E-state index contributed by atoms with van der Waals surface area (Å²) >= 11 is 0. The molecule has 0 fully saturated rings. The smallest absolute Gasteiger partial charge is 0.309 e. The number of benzene rings is 6. The molecule has 4 nitrogen and oxygen atoms in total. The van der Waals surface area contributed by atoms with E-state index in [1.807, 2.05) is 72.8 Å². The average Bonchev–Trinajstić information content (AvgIpc) is 3.50. The topological polar surface area (TPSA) is 43.6 Å². The van der Waals surface area contributed by atoms with E-state index in [0.717, 1.165) is 61.9 Å². The molecule has 6 aromatic carbocycles. The number of fused-ring (bicyclic) bond motifs is 3. The van der Waals surface area contributed by atoms with Gasteiger partial charge >= 0.3 is 6.18 Å². The highest BCUT2D eigenvalue weighted by molar-refractivity contribution is 6.10. The van der Waals surface area contributed by atoms with Crippen molar-refractivity contribution in [3.05, 3.63) is 156 Å². The van der Waals surface area contributed by atoms with E-state index in [9.17, 15) is 13.2 Å². The lowest BCUT2D eigenvalue weighted by Crippen LogP contribution is -2.11. The maximum atomic E-state index is 13.8. The van der Waals surface area contributed by atoms with Gasteiger partial charge in [-0.2, -0.15) is 13.2 Å². The van der Waals surface area contributed by atoms with Gasteiger partial charge in [0, 0.05) is 33.0 Å². The quantitative estimate of drug-likeness (QED) is 0.177. The number of aromatic nitrogens is 4. The van der Waals surface area contributed by atoms with Gasteiger partial charge in [0.1, 0.15) is 0 Å². The molecule has 2 aromatic heterocycles. The summed E-state index contributed by atoms with van der Waals surface area (Å²) in [5, 5.41) is 2.18. The highest BCUT2D eigenvalue weighted by Crippen LogP contribution is 2.41. The Kier molecular flexibility index (Phi) is 8.71. The predicted octanol–water partition coefficient (Wildman–Crippen LogP) is 13.3. The molecule has 0 radical (unpaired) electrons. The third-order valence-electron chi connectivity index (χ3n) is 10.2. The summed E-state index contributed by atoms with van der Waals surface area (Å²) in [4.78, 5) is 14.9. The minimum absolute atomic E-state index is 0.128. The van der Waals surface area contributed by atoms with E-state index >= 15 is 0 Å². The van der Waals surface area contributed by atoms with E-state index in [1.54, 1.807) is 12.1 Å². The van der Waals surface area contributed by atoms with Crippen molar-refractivity contribution >= 4 is 21.8 Å². The maximum absolute atomic E-state index is 13.8. The molecule has 0 aliphatic rings. The molecule has 8 aromatic rings. The van der Waals surface area contributed by atoms with Crippen LogP contribution in [0.3, 0.4) is 0 Å². The molecular formula is C48H41F3N4. The second kappa shape index (κ2) is 13.3. The molecular weight excluding hydrogens is 690 g/mol. The standard InChI is InChI=1S/C48H41F3N4/c1-46(2,3)35-22-25-38-39-26-23-36(47(4,5)6)29-42(39)55(41(38)28-35)40-27-33(19-24-37(40)30-17-20-34(21-18-30)48(49,50)51)45-53-43(31-13-9-7-10-14-31)52-44(54-45)32-15-11-8-12-16-32/h7-29H,1-6H3. The first-order chi connectivity index (χ1) is 26.1. The number of hydrogen-bond donors (Lipinski definition) is 0. The Bertz CT molecular complexity index is 2550.